The summed E-state index contributed by atoms with van der Waals surface area (Å²) in [7, 11) is 1.73. The lowest BCUT2D eigenvalue weighted by molar-refractivity contribution is -0.0992. The van der Waals surface area contributed by atoms with Gasteiger partial charge >= 0.3 is 0 Å². The van der Waals surface area contributed by atoms with Crippen LogP contribution in [0.3, 0.4) is 0 Å². The average molecular weight is 325 g/mol. The smallest absolute Gasteiger partial charge is 0.119 e. The Kier molecular flexibility index (Phi) is 3.65. The molecular formula is C21H27NO2. The predicted molar refractivity (Wildman–Crippen MR) is 92.8 cm³/mol. The van der Waals surface area contributed by atoms with E-state index >= 15 is 0 Å². The summed E-state index contributed by atoms with van der Waals surface area (Å²) < 4.78 is 5.39. The predicted octanol–water partition coefficient (Wildman–Crippen LogP) is 4.20. The van der Waals surface area contributed by atoms with Crippen molar-refractivity contribution in [1.29, 1.82) is 5.26 Å². The molecule has 2 fully saturated rings. The Morgan fingerprint density at radius 1 is 1.29 bits per heavy atom. The lowest BCUT2D eigenvalue weighted by atomic mass is 9.53. The third-order valence-electron chi connectivity index (χ3n) is 7.63. The van der Waals surface area contributed by atoms with Gasteiger partial charge in [0.05, 0.1) is 25.2 Å². The van der Waals surface area contributed by atoms with E-state index in [2.05, 4.69) is 31.2 Å². The van der Waals surface area contributed by atoms with Gasteiger partial charge in [-0.15, -0.1) is 0 Å². The Labute approximate surface area is 144 Å². The van der Waals surface area contributed by atoms with E-state index in [1.165, 1.54) is 17.5 Å². The molecule has 0 bridgehead atoms. The zero-order valence-corrected chi connectivity index (χ0v) is 14.7. The van der Waals surface area contributed by atoms with Gasteiger partial charge in [-0.05, 0) is 79.5 Å². The van der Waals surface area contributed by atoms with Crippen LogP contribution in [0.25, 0.3) is 0 Å². The van der Waals surface area contributed by atoms with Gasteiger partial charge in [-0.25, -0.2) is 0 Å². The Hall–Kier alpha value is -1.53. The van der Waals surface area contributed by atoms with Crippen LogP contribution in [0.2, 0.25) is 0 Å². The Morgan fingerprint density at radius 3 is 2.88 bits per heavy atom. The molecular weight excluding hydrogens is 298 g/mol. The summed E-state index contributed by atoms with van der Waals surface area (Å²) in [6.45, 7) is 2.25. The number of fused-ring (bicyclic) bond motifs is 5. The van der Waals surface area contributed by atoms with Gasteiger partial charge in [0, 0.05) is 5.41 Å². The Morgan fingerprint density at radius 2 is 2.12 bits per heavy atom. The average Bonchev–Trinajstić information content (AvgIpc) is 2.86. The van der Waals surface area contributed by atoms with Gasteiger partial charge in [0.25, 0.3) is 0 Å². The number of nitriles is 1. The zero-order valence-electron chi connectivity index (χ0n) is 14.7. The largest absolute Gasteiger partial charge is 0.497 e. The molecule has 0 spiro atoms. The molecule has 3 aliphatic rings. The number of methoxy groups -OCH3 is 1. The van der Waals surface area contributed by atoms with E-state index in [0.717, 1.165) is 37.9 Å². The van der Waals surface area contributed by atoms with E-state index in [0.29, 0.717) is 17.8 Å². The normalized spacial score (nSPS) is 40.2. The number of aryl methyl sites for hydroxylation is 1. The summed E-state index contributed by atoms with van der Waals surface area (Å²) in [6.07, 6.45) is 6.62. The first-order chi connectivity index (χ1) is 11.5. The molecule has 128 valence electrons. The maximum Gasteiger partial charge on any atom is 0.119 e. The van der Waals surface area contributed by atoms with Crippen molar-refractivity contribution in [2.45, 2.75) is 63.4 Å². The molecule has 0 heterocycles. The first-order valence-electron chi connectivity index (χ1n) is 9.28. The number of ether oxygens (including phenoxy) is 1. The van der Waals surface area contributed by atoms with Crippen LogP contribution in [-0.2, 0) is 6.42 Å². The van der Waals surface area contributed by atoms with Crippen molar-refractivity contribution >= 4 is 0 Å². The second kappa shape index (κ2) is 5.49. The summed E-state index contributed by atoms with van der Waals surface area (Å²) >= 11 is 0. The van der Waals surface area contributed by atoms with E-state index in [1.807, 2.05) is 0 Å². The van der Waals surface area contributed by atoms with Crippen LogP contribution < -0.4 is 4.74 Å². The minimum absolute atomic E-state index is 0.0894. The molecule has 3 aliphatic carbocycles. The van der Waals surface area contributed by atoms with E-state index < -0.39 is 5.60 Å². The molecule has 0 amide bonds. The molecule has 5 atom stereocenters. The van der Waals surface area contributed by atoms with Crippen molar-refractivity contribution in [2.24, 2.45) is 17.3 Å². The molecule has 0 aromatic heterocycles. The van der Waals surface area contributed by atoms with Gasteiger partial charge in [-0.1, -0.05) is 13.0 Å². The van der Waals surface area contributed by atoms with Crippen molar-refractivity contribution < 1.29 is 9.84 Å². The van der Waals surface area contributed by atoms with Crippen molar-refractivity contribution in [3.8, 4) is 11.8 Å². The van der Waals surface area contributed by atoms with Crippen LogP contribution in [0.1, 0.15) is 62.5 Å². The summed E-state index contributed by atoms with van der Waals surface area (Å²) in [5.74, 6) is 2.77. The lowest BCUT2D eigenvalue weighted by Gasteiger charge is -2.53. The van der Waals surface area contributed by atoms with Crippen LogP contribution in [0.4, 0.5) is 0 Å². The maximum absolute atomic E-state index is 11.2. The van der Waals surface area contributed by atoms with E-state index in [-0.39, 0.29) is 11.8 Å². The molecule has 3 unspecified atom stereocenters. The van der Waals surface area contributed by atoms with Crippen molar-refractivity contribution in [1.82, 2.24) is 0 Å². The Bertz CT molecular complexity index is 694. The first-order valence-corrected chi connectivity index (χ1v) is 9.28. The topological polar surface area (TPSA) is 53.2 Å². The lowest BCUT2D eigenvalue weighted by Crippen LogP contribution is -2.50. The van der Waals surface area contributed by atoms with Gasteiger partial charge in [-0.3, -0.25) is 0 Å². The molecule has 1 aromatic carbocycles. The van der Waals surface area contributed by atoms with Crippen LogP contribution in [0.15, 0.2) is 18.2 Å². The molecule has 3 nitrogen and oxygen atoms in total. The fraction of sp³-hybridized carbons (Fsp3) is 0.667. The Balaban J connectivity index is 1.67. The number of rotatable bonds is 2. The first kappa shape index (κ1) is 16.0. The SMILES string of the molecule is COc1ccc2c(c1)CCC1C2CC[C@@]2(C)C1CC[C@@]2(O)CC#N. The third kappa shape index (κ3) is 2.05. The highest BCUT2D eigenvalue weighted by atomic mass is 16.5. The van der Waals surface area contributed by atoms with Gasteiger partial charge in [0.1, 0.15) is 5.75 Å². The fourth-order valence-electron chi connectivity index (χ4n) is 6.22. The van der Waals surface area contributed by atoms with Crippen LogP contribution >= 0.6 is 0 Å². The molecule has 2 saturated carbocycles. The highest BCUT2D eigenvalue weighted by molar-refractivity contribution is 5.41. The van der Waals surface area contributed by atoms with E-state index in [4.69, 9.17) is 4.74 Å². The number of aliphatic hydroxyl groups is 1. The molecule has 0 radical (unpaired) electrons. The summed E-state index contributed by atoms with van der Waals surface area (Å²) in [6, 6.07) is 8.81. The molecule has 0 saturated heterocycles. The summed E-state index contributed by atoms with van der Waals surface area (Å²) in [5.41, 5.74) is 2.08. The molecule has 3 heteroatoms. The molecule has 4 rings (SSSR count). The van der Waals surface area contributed by atoms with Crippen molar-refractivity contribution in [3.63, 3.8) is 0 Å². The van der Waals surface area contributed by atoms with Crippen LogP contribution in [-0.4, -0.2) is 17.8 Å². The minimum atomic E-state index is -0.780. The second-order valence-electron chi connectivity index (χ2n) is 8.34. The zero-order chi connectivity index (χ0) is 16.9. The van der Waals surface area contributed by atoms with E-state index in [1.54, 1.807) is 7.11 Å². The number of nitrogens with zero attached hydrogens (tertiary/aromatic N) is 1. The van der Waals surface area contributed by atoms with Crippen LogP contribution in [0, 0.1) is 28.6 Å². The molecule has 0 aliphatic heterocycles. The highest BCUT2D eigenvalue weighted by Gasteiger charge is 2.61. The quantitative estimate of drug-likeness (QED) is 0.887. The molecule has 1 N–H and O–H groups in total. The van der Waals surface area contributed by atoms with Crippen LogP contribution in [0.5, 0.6) is 5.75 Å². The molecule has 24 heavy (non-hydrogen) atoms. The van der Waals surface area contributed by atoms with E-state index in [9.17, 15) is 10.4 Å². The van der Waals surface area contributed by atoms with Crippen molar-refractivity contribution in [2.75, 3.05) is 7.11 Å². The van der Waals surface area contributed by atoms with Gasteiger partial charge < -0.3 is 9.84 Å². The maximum atomic E-state index is 11.2. The summed E-state index contributed by atoms with van der Waals surface area (Å²) in [5, 5.41) is 20.3. The van der Waals surface area contributed by atoms with Crippen molar-refractivity contribution in [3.05, 3.63) is 29.3 Å². The number of hydrogen-bond donors (Lipinski definition) is 1. The fourth-order valence-corrected chi connectivity index (χ4v) is 6.22. The third-order valence-corrected chi connectivity index (χ3v) is 7.63. The van der Waals surface area contributed by atoms with Gasteiger partial charge in [0.2, 0.25) is 0 Å². The second-order valence-corrected chi connectivity index (χ2v) is 8.34. The highest BCUT2D eigenvalue weighted by Crippen LogP contribution is 2.64. The molecule has 1 aromatic rings. The van der Waals surface area contributed by atoms with Gasteiger partial charge in [0.15, 0.2) is 0 Å². The number of hydrogen-bond acceptors (Lipinski definition) is 3. The number of benzene rings is 1. The summed E-state index contributed by atoms with van der Waals surface area (Å²) in [4.78, 5) is 0. The standard InChI is InChI=1S/C21H27NO2/c1-20-9-7-17-16-6-4-15(24-2)13-14(16)3-5-18(17)19(20)8-10-21(20,23)11-12-22/h4,6,13,17-19,23H,3,5,7-11H2,1-2H3/t17?,18?,19?,20-,21+/m0/s1. The monoisotopic (exact) mass is 325 g/mol. The van der Waals surface area contributed by atoms with Gasteiger partial charge in [-0.2, -0.15) is 5.26 Å². The minimum Gasteiger partial charge on any atom is -0.497 e.